The van der Waals surface area contributed by atoms with Crippen molar-refractivity contribution in [2.45, 2.75) is 12.8 Å². The summed E-state index contributed by atoms with van der Waals surface area (Å²) in [5.41, 5.74) is 1.73. The lowest BCUT2D eigenvalue weighted by atomic mass is 10.2. The lowest BCUT2D eigenvalue weighted by Crippen LogP contribution is -1.77. The molecule has 0 fully saturated rings. The highest BCUT2D eigenvalue weighted by molar-refractivity contribution is 6.30. The third-order valence-electron chi connectivity index (χ3n) is 2.11. The second-order valence-electron chi connectivity index (χ2n) is 3.17. The van der Waals surface area contributed by atoms with Crippen LogP contribution in [-0.2, 0) is 5.88 Å². The summed E-state index contributed by atoms with van der Waals surface area (Å²) in [6.45, 7) is 1.88. The molecule has 2 rings (SSSR count). The molecule has 0 aliphatic heterocycles. The summed E-state index contributed by atoms with van der Waals surface area (Å²) in [5.74, 6) is 1.63. The normalized spacial score (nSPS) is 10.6. The highest BCUT2D eigenvalue weighted by Gasteiger charge is 2.09. The molecule has 0 spiro atoms. The van der Waals surface area contributed by atoms with Gasteiger partial charge >= 0.3 is 0 Å². The molecule has 1 heterocycles. The minimum Gasteiger partial charge on any atom is -0.440 e. The van der Waals surface area contributed by atoms with Crippen LogP contribution in [0.3, 0.4) is 0 Å². The molecule has 0 unspecified atom stereocenters. The molecule has 0 saturated heterocycles. The van der Waals surface area contributed by atoms with Crippen LogP contribution in [0, 0.1) is 6.92 Å². The average molecular weight is 242 g/mol. The van der Waals surface area contributed by atoms with Crippen molar-refractivity contribution < 1.29 is 4.42 Å². The Kier molecular flexibility index (Phi) is 2.98. The first-order chi connectivity index (χ1) is 7.20. The van der Waals surface area contributed by atoms with Crippen molar-refractivity contribution in [1.82, 2.24) is 4.98 Å². The molecule has 0 radical (unpaired) electrons. The fourth-order valence-corrected chi connectivity index (χ4v) is 1.64. The van der Waals surface area contributed by atoms with Gasteiger partial charge in [0.15, 0.2) is 0 Å². The Morgan fingerprint density at radius 1 is 1.27 bits per heavy atom. The number of aryl methyl sites for hydroxylation is 1. The van der Waals surface area contributed by atoms with Crippen LogP contribution in [0.25, 0.3) is 11.5 Å². The van der Waals surface area contributed by atoms with Crippen LogP contribution < -0.4 is 0 Å². The summed E-state index contributed by atoms with van der Waals surface area (Å²) < 4.78 is 5.50. The second-order valence-corrected chi connectivity index (χ2v) is 3.87. The standard InChI is InChI=1S/C11H9Cl2NO/c1-7-10(6-12)15-11(14-7)8-2-4-9(13)5-3-8/h2-5H,6H2,1H3. The molecule has 2 nitrogen and oxygen atoms in total. The zero-order valence-corrected chi connectivity index (χ0v) is 9.64. The Hall–Kier alpha value is -0.990. The van der Waals surface area contributed by atoms with Crippen molar-refractivity contribution in [3.05, 3.63) is 40.7 Å². The molecule has 2 aromatic rings. The van der Waals surface area contributed by atoms with E-state index in [1.54, 1.807) is 12.1 Å². The third kappa shape index (κ3) is 2.16. The molecular formula is C11H9Cl2NO. The number of nitrogens with zero attached hydrogens (tertiary/aromatic N) is 1. The van der Waals surface area contributed by atoms with E-state index in [2.05, 4.69) is 4.98 Å². The van der Waals surface area contributed by atoms with Gasteiger partial charge in [-0.15, -0.1) is 11.6 Å². The predicted octanol–water partition coefficient (Wildman–Crippen LogP) is 4.04. The third-order valence-corrected chi connectivity index (χ3v) is 2.60. The molecule has 0 atom stereocenters. The van der Waals surface area contributed by atoms with Gasteiger partial charge in [-0.1, -0.05) is 11.6 Å². The van der Waals surface area contributed by atoms with Gasteiger partial charge < -0.3 is 4.42 Å². The molecular weight excluding hydrogens is 233 g/mol. The Morgan fingerprint density at radius 2 is 1.93 bits per heavy atom. The molecule has 0 aliphatic carbocycles. The van der Waals surface area contributed by atoms with Gasteiger partial charge in [0.05, 0.1) is 11.6 Å². The zero-order valence-electron chi connectivity index (χ0n) is 8.13. The van der Waals surface area contributed by atoms with Gasteiger partial charge in [-0.3, -0.25) is 0 Å². The number of oxazole rings is 1. The zero-order chi connectivity index (χ0) is 10.8. The number of aromatic nitrogens is 1. The summed E-state index contributed by atoms with van der Waals surface area (Å²) in [6, 6.07) is 7.34. The van der Waals surface area contributed by atoms with Crippen LogP contribution in [0.1, 0.15) is 11.5 Å². The van der Waals surface area contributed by atoms with Crippen LogP contribution >= 0.6 is 23.2 Å². The van der Waals surface area contributed by atoms with Gasteiger partial charge in [0, 0.05) is 10.6 Å². The van der Waals surface area contributed by atoms with E-state index in [1.807, 2.05) is 19.1 Å². The molecule has 0 aliphatic rings. The minimum atomic E-state index is 0.340. The number of halogens is 2. The Balaban J connectivity index is 2.41. The number of rotatable bonds is 2. The number of hydrogen-bond acceptors (Lipinski definition) is 2. The maximum absolute atomic E-state index is 5.79. The molecule has 1 aromatic carbocycles. The summed E-state index contributed by atoms with van der Waals surface area (Å²) in [5, 5.41) is 0.694. The lowest BCUT2D eigenvalue weighted by molar-refractivity contribution is 0.536. The van der Waals surface area contributed by atoms with Gasteiger partial charge in [0.2, 0.25) is 5.89 Å². The Labute approximate surface area is 97.8 Å². The Bertz CT molecular complexity index is 462. The summed E-state index contributed by atoms with van der Waals surface area (Å²) in [4.78, 5) is 4.29. The van der Waals surface area contributed by atoms with Crippen LogP contribution in [0.2, 0.25) is 5.02 Å². The van der Waals surface area contributed by atoms with Crippen molar-refractivity contribution in [3.8, 4) is 11.5 Å². The smallest absolute Gasteiger partial charge is 0.226 e. The van der Waals surface area contributed by atoms with Gasteiger partial charge in [-0.25, -0.2) is 4.98 Å². The van der Waals surface area contributed by atoms with Crippen molar-refractivity contribution in [3.63, 3.8) is 0 Å². The van der Waals surface area contributed by atoms with Crippen molar-refractivity contribution in [1.29, 1.82) is 0 Å². The monoisotopic (exact) mass is 241 g/mol. The van der Waals surface area contributed by atoms with Crippen LogP contribution in [0.5, 0.6) is 0 Å². The van der Waals surface area contributed by atoms with E-state index in [9.17, 15) is 0 Å². The molecule has 0 N–H and O–H groups in total. The SMILES string of the molecule is Cc1nc(-c2ccc(Cl)cc2)oc1CCl. The van der Waals surface area contributed by atoms with E-state index >= 15 is 0 Å². The van der Waals surface area contributed by atoms with Gasteiger partial charge in [0.25, 0.3) is 0 Å². The van der Waals surface area contributed by atoms with Crippen molar-refractivity contribution in [2.75, 3.05) is 0 Å². The van der Waals surface area contributed by atoms with Crippen molar-refractivity contribution in [2.24, 2.45) is 0 Å². The summed E-state index contributed by atoms with van der Waals surface area (Å²) >= 11 is 11.5. The second kappa shape index (κ2) is 4.25. The number of hydrogen-bond donors (Lipinski definition) is 0. The fourth-order valence-electron chi connectivity index (χ4n) is 1.27. The first-order valence-corrected chi connectivity index (χ1v) is 5.40. The lowest BCUT2D eigenvalue weighted by Gasteiger charge is -1.94. The van der Waals surface area contributed by atoms with Crippen LogP contribution in [-0.4, -0.2) is 4.98 Å². The number of alkyl halides is 1. The van der Waals surface area contributed by atoms with Crippen LogP contribution in [0.15, 0.2) is 28.7 Å². The first-order valence-electron chi connectivity index (χ1n) is 4.49. The van der Waals surface area contributed by atoms with Gasteiger partial charge in [-0.2, -0.15) is 0 Å². The average Bonchev–Trinajstić information content (AvgIpc) is 2.61. The molecule has 0 saturated carbocycles. The molecule has 4 heteroatoms. The maximum atomic E-state index is 5.79. The highest BCUT2D eigenvalue weighted by Crippen LogP contribution is 2.23. The fraction of sp³-hybridized carbons (Fsp3) is 0.182. The maximum Gasteiger partial charge on any atom is 0.226 e. The van der Waals surface area contributed by atoms with Crippen molar-refractivity contribution >= 4 is 23.2 Å². The van der Waals surface area contributed by atoms with Crippen LogP contribution in [0.4, 0.5) is 0 Å². The number of benzene rings is 1. The van der Waals surface area contributed by atoms with E-state index in [0.29, 0.717) is 22.6 Å². The van der Waals surface area contributed by atoms with E-state index in [0.717, 1.165) is 11.3 Å². The van der Waals surface area contributed by atoms with Gasteiger partial charge in [-0.05, 0) is 31.2 Å². The molecule has 15 heavy (non-hydrogen) atoms. The molecule has 0 bridgehead atoms. The Morgan fingerprint density at radius 3 is 2.47 bits per heavy atom. The first kappa shape index (κ1) is 10.5. The van der Waals surface area contributed by atoms with E-state index < -0.39 is 0 Å². The predicted molar refractivity (Wildman–Crippen MR) is 61.2 cm³/mol. The minimum absolute atomic E-state index is 0.340. The van der Waals surface area contributed by atoms with E-state index in [1.165, 1.54) is 0 Å². The quantitative estimate of drug-likeness (QED) is 0.742. The molecule has 0 amide bonds. The molecule has 78 valence electrons. The largest absolute Gasteiger partial charge is 0.440 e. The summed E-state index contributed by atoms with van der Waals surface area (Å²) in [7, 11) is 0. The molecule has 1 aromatic heterocycles. The summed E-state index contributed by atoms with van der Waals surface area (Å²) in [6.07, 6.45) is 0. The topological polar surface area (TPSA) is 26.0 Å². The van der Waals surface area contributed by atoms with E-state index in [-0.39, 0.29) is 0 Å². The van der Waals surface area contributed by atoms with Gasteiger partial charge in [0.1, 0.15) is 5.76 Å². The highest BCUT2D eigenvalue weighted by atomic mass is 35.5. The van der Waals surface area contributed by atoms with E-state index in [4.69, 9.17) is 27.6 Å².